The van der Waals surface area contributed by atoms with Gasteiger partial charge in [-0.25, -0.2) is 13.2 Å². The molecule has 0 aliphatic carbocycles. The molecule has 1 fully saturated rings. The predicted octanol–water partition coefficient (Wildman–Crippen LogP) is 4.00. The van der Waals surface area contributed by atoms with Gasteiger partial charge in [0, 0.05) is 23.4 Å². The normalized spacial score (nSPS) is 17.1. The molecule has 1 aliphatic heterocycles. The Morgan fingerprint density at radius 3 is 2.35 bits per heavy atom. The topological polar surface area (TPSA) is 78.1 Å². The van der Waals surface area contributed by atoms with Gasteiger partial charge in [0.25, 0.3) is 0 Å². The maximum atomic E-state index is 13.4. The van der Waals surface area contributed by atoms with Crippen LogP contribution in [0, 0.1) is 19.3 Å². The Kier molecular flexibility index (Phi) is 5.00. The van der Waals surface area contributed by atoms with Crippen molar-refractivity contribution in [3.05, 3.63) is 63.6 Å². The molecule has 0 N–H and O–H groups in total. The second-order valence-electron chi connectivity index (χ2n) is 9.52. The zero-order valence-corrected chi connectivity index (χ0v) is 19.4. The predicted molar refractivity (Wildman–Crippen MR) is 123 cm³/mol. The first-order chi connectivity index (χ1) is 14.4. The number of aryl methyl sites for hydroxylation is 2. The first-order valence-electron chi connectivity index (χ1n) is 10.5. The van der Waals surface area contributed by atoms with Gasteiger partial charge in [0.15, 0.2) is 15.6 Å². The van der Waals surface area contributed by atoms with Gasteiger partial charge in [-0.15, -0.1) is 0 Å². The van der Waals surface area contributed by atoms with Crippen LogP contribution in [0.5, 0.6) is 0 Å². The molecule has 2 heterocycles. The molecule has 6 nitrogen and oxygen atoms in total. The lowest BCUT2D eigenvalue weighted by Gasteiger charge is -2.37. The first kappa shape index (κ1) is 21.6. The summed E-state index contributed by atoms with van der Waals surface area (Å²) in [7, 11) is -3.01. The van der Waals surface area contributed by atoms with Crippen molar-refractivity contribution in [2.75, 3.05) is 11.5 Å². The molecule has 0 unspecified atom stereocenters. The van der Waals surface area contributed by atoms with Crippen LogP contribution in [-0.4, -0.2) is 34.8 Å². The standard InChI is InChI=1S/C24H28N2O4S/c1-15(2)25-21-11-18(22(27)12-24(5)13-31(29,30)14-24)8-9-19(21)26(23(25)28)20-10-16(3)6-7-17(20)4/h6-11,15H,12-14H2,1-5H3. The van der Waals surface area contributed by atoms with Crippen LogP contribution >= 0.6 is 0 Å². The third-order valence-corrected chi connectivity index (χ3v) is 8.31. The molecule has 0 radical (unpaired) electrons. The Morgan fingerprint density at radius 1 is 1.06 bits per heavy atom. The molecule has 1 saturated heterocycles. The third-order valence-electron chi connectivity index (χ3n) is 6.04. The Labute approximate surface area is 182 Å². The number of hydrogen-bond donors (Lipinski definition) is 0. The van der Waals surface area contributed by atoms with E-state index in [1.807, 2.05) is 58.9 Å². The number of sulfone groups is 1. The fraction of sp³-hybridized carbons (Fsp3) is 0.417. The van der Waals surface area contributed by atoms with Crippen molar-refractivity contribution < 1.29 is 13.2 Å². The highest BCUT2D eigenvalue weighted by atomic mass is 32.2. The fourth-order valence-electron chi connectivity index (χ4n) is 4.70. The summed E-state index contributed by atoms with van der Waals surface area (Å²) >= 11 is 0. The van der Waals surface area contributed by atoms with Crippen LogP contribution in [0.1, 0.15) is 54.7 Å². The molecule has 0 saturated carbocycles. The lowest BCUT2D eigenvalue weighted by Crippen LogP contribution is -2.47. The van der Waals surface area contributed by atoms with E-state index < -0.39 is 15.3 Å². The summed E-state index contributed by atoms with van der Waals surface area (Å²) in [5.41, 5.74) is 4.21. The Morgan fingerprint density at radius 2 is 1.74 bits per heavy atom. The highest BCUT2D eigenvalue weighted by Gasteiger charge is 2.45. The van der Waals surface area contributed by atoms with Gasteiger partial charge >= 0.3 is 5.69 Å². The number of hydrogen-bond acceptors (Lipinski definition) is 4. The second-order valence-corrected chi connectivity index (χ2v) is 11.6. The highest BCUT2D eigenvalue weighted by molar-refractivity contribution is 7.92. The van der Waals surface area contributed by atoms with E-state index >= 15 is 0 Å². The minimum absolute atomic E-state index is 0.0493. The van der Waals surface area contributed by atoms with Gasteiger partial charge in [-0.2, -0.15) is 0 Å². The minimum Gasteiger partial charge on any atom is -0.294 e. The van der Waals surface area contributed by atoms with E-state index in [0.29, 0.717) is 11.1 Å². The SMILES string of the molecule is Cc1ccc(C)c(-n2c(=O)n(C(C)C)c3cc(C(=O)CC4(C)CS(=O)(=O)C4)ccc32)c1. The van der Waals surface area contributed by atoms with Gasteiger partial charge in [0.1, 0.15) is 0 Å². The maximum Gasteiger partial charge on any atom is 0.333 e. The molecule has 2 aromatic carbocycles. The van der Waals surface area contributed by atoms with Crippen LogP contribution < -0.4 is 5.69 Å². The van der Waals surface area contributed by atoms with Crippen molar-refractivity contribution >= 4 is 26.7 Å². The van der Waals surface area contributed by atoms with Crippen molar-refractivity contribution in [3.63, 3.8) is 0 Å². The number of ketones is 1. The molecular weight excluding hydrogens is 412 g/mol. The van der Waals surface area contributed by atoms with E-state index in [9.17, 15) is 18.0 Å². The zero-order chi connectivity index (χ0) is 22.7. The summed E-state index contributed by atoms with van der Waals surface area (Å²) in [4.78, 5) is 26.4. The van der Waals surface area contributed by atoms with Crippen molar-refractivity contribution in [3.8, 4) is 5.69 Å². The van der Waals surface area contributed by atoms with Gasteiger partial charge in [0.05, 0.1) is 28.2 Å². The molecule has 0 spiro atoms. The van der Waals surface area contributed by atoms with Crippen molar-refractivity contribution in [1.82, 2.24) is 9.13 Å². The lowest BCUT2D eigenvalue weighted by molar-refractivity contribution is 0.0936. The van der Waals surface area contributed by atoms with Crippen molar-refractivity contribution in [1.29, 1.82) is 0 Å². The average molecular weight is 441 g/mol. The number of aromatic nitrogens is 2. The quantitative estimate of drug-likeness (QED) is 0.562. The minimum atomic E-state index is -3.01. The van der Waals surface area contributed by atoms with Crippen molar-refractivity contribution in [2.24, 2.45) is 5.41 Å². The van der Waals surface area contributed by atoms with Gasteiger partial charge in [0.2, 0.25) is 0 Å². The fourth-order valence-corrected chi connectivity index (χ4v) is 6.94. The molecule has 0 amide bonds. The highest BCUT2D eigenvalue weighted by Crippen LogP contribution is 2.37. The van der Waals surface area contributed by atoms with Crippen LogP contribution in [0.4, 0.5) is 0 Å². The number of nitrogens with zero attached hydrogens (tertiary/aromatic N) is 2. The first-order valence-corrected chi connectivity index (χ1v) is 12.3. The zero-order valence-electron chi connectivity index (χ0n) is 18.6. The van der Waals surface area contributed by atoms with Crippen molar-refractivity contribution in [2.45, 2.75) is 47.1 Å². The van der Waals surface area contributed by atoms with E-state index in [0.717, 1.165) is 22.3 Å². The molecule has 1 aliphatic rings. The summed E-state index contributed by atoms with van der Waals surface area (Å²) in [5, 5.41) is 0. The van der Waals surface area contributed by atoms with Crippen LogP contribution in [0.3, 0.4) is 0 Å². The van der Waals surface area contributed by atoms with E-state index in [4.69, 9.17) is 0 Å². The molecule has 164 valence electrons. The molecule has 7 heteroatoms. The molecule has 4 rings (SSSR count). The molecule has 1 aromatic heterocycles. The third kappa shape index (κ3) is 3.76. The Hall–Kier alpha value is -2.67. The summed E-state index contributed by atoms with van der Waals surface area (Å²) in [6, 6.07) is 11.3. The summed E-state index contributed by atoms with van der Waals surface area (Å²) < 4.78 is 26.6. The smallest absolute Gasteiger partial charge is 0.294 e. The lowest BCUT2D eigenvalue weighted by atomic mass is 9.86. The molecular formula is C24H28N2O4S. The monoisotopic (exact) mass is 440 g/mol. The molecule has 0 atom stereocenters. The van der Waals surface area contributed by atoms with E-state index in [1.54, 1.807) is 21.3 Å². The van der Waals surface area contributed by atoms with Crippen LogP contribution in [0.25, 0.3) is 16.7 Å². The summed E-state index contributed by atoms with van der Waals surface area (Å²) in [5.74, 6) is 0.00281. The number of carbonyl (C=O) groups excluding carboxylic acids is 1. The summed E-state index contributed by atoms with van der Waals surface area (Å²) in [6.07, 6.45) is 0.182. The van der Waals surface area contributed by atoms with Gasteiger partial charge in [-0.05, 0) is 63.1 Å². The van der Waals surface area contributed by atoms with E-state index in [-0.39, 0.29) is 35.4 Å². The van der Waals surface area contributed by atoms with Gasteiger partial charge < -0.3 is 0 Å². The Bertz CT molecular complexity index is 1360. The number of fused-ring (bicyclic) bond motifs is 1. The number of benzene rings is 2. The second kappa shape index (κ2) is 7.19. The van der Waals surface area contributed by atoms with Crippen LogP contribution in [0.2, 0.25) is 0 Å². The molecule has 31 heavy (non-hydrogen) atoms. The molecule has 0 bridgehead atoms. The molecule has 3 aromatic rings. The van der Waals surface area contributed by atoms with Crippen LogP contribution in [0.15, 0.2) is 41.2 Å². The largest absolute Gasteiger partial charge is 0.333 e. The van der Waals surface area contributed by atoms with Crippen LogP contribution in [-0.2, 0) is 9.84 Å². The van der Waals surface area contributed by atoms with Gasteiger partial charge in [-0.1, -0.05) is 19.1 Å². The van der Waals surface area contributed by atoms with Gasteiger partial charge in [-0.3, -0.25) is 13.9 Å². The number of imidazole rings is 1. The number of rotatable bonds is 5. The van der Waals surface area contributed by atoms with E-state index in [2.05, 4.69) is 0 Å². The number of Topliss-reactive ketones (excluding diaryl/α,β-unsaturated/α-hetero) is 1. The maximum absolute atomic E-state index is 13.4. The Balaban J connectivity index is 1.83. The van der Waals surface area contributed by atoms with E-state index in [1.165, 1.54) is 0 Å². The summed E-state index contributed by atoms with van der Waals surface area (Å²) in [6.45, 7) is 9.70. The number of carbonyl (C=O) groups is 1. The average Bonchev–Trinajstić information content (AvgIpc) is 2.92.